The highest BCUT2D eigenvalue weighted by Crippen LogP contribution is 2.33. The first-order valence-corrected chi connectivity index (χ1v) is 11.1. The minimum Gasteiger partial charge on any atom is -0.339 e. The summed E-state index contributed by atoms with van der Waals surface area (Å²) in [7, 11) is 0. The molecule has 150 valence electrons. The molecular weight excluding hydrogens is 596 g/mol. The molecular formula is C17H13Br2Cl4N3OS. The highest BCUT2D eigenvalue weighted by Gasteiger charge is 2.35. The van der Waals surface area contributed by atoms with Gasteiger partial charge in [-0.15, -0.1) is 0 Å². The SMILES string of the molecule is Cc1cc(Br)c(NC(=S)NC(NC(=O)c2ccc(Cl)cc2)C(Cl)(Cl)Cl)c(Br)c1. The predicted octanol–water partition coefficient (Wildman–Crippen LogP) is 6.59. The Morgan fingerprint density at radius 1 is 1.07 bits per heavy atom. The van der Waals surface area contributed by atoms with Gasteiger partial charge in [0.15, 0.2) is 5.11 Å². The van der Waals surface area contributed by atoms with Gasteiger partial charge in [0.25, 0.3) is 5.91 Å². The molecule has 0 aliphatic rings. The Hall–Kier alpha value is -0.280. The summed E-state index contributed by atoms with van der Waals surface area (Å²) in [6, 6.07) is 10.1. The van der Waals surface area contributed by atoms with E-state index >= 15 is 0 Å². The summed E-state index contributed by atoms with van der Waals surface area (Å²) in [6.45, 7) is 1.96. The first-order chi connectivity index (χ1) is 13.0. The van der Waals surface area contributed by atoms with Crippen LogP contribution in [0.25, 0.3) is 0 Å². The number of nitrogens with one attached hydrogen (secondary N) is 3. The van der Waals surface area contributed by atoms with Crippen molar-refractivity contribution in [3.8, 4) is 0 Å². The van der Waals surface area contributed by atoms with E-state index in [0.717, 1.165) is 14.5 Å². The fraction of sp³-hybridized carbons (Fsp3) is 0.176. The van der Waals surface area contributed by atoms with Gasteiger partial charge in [0.05, 0.1) is 5.69 Å². The van der Waals surface area contributed by atoms with Crippen LogP contribution in [0.5, 0.6) is 0 Å². The van der Waals surface area contributed by atoms with E-state index < -0.39 is 15.9 Å². The van der Waals surface area contributed by atoms with E-state index in [9.17, 15) is 4.79 Å². The third-order valence-electron chi connectivity index (χ3n) is 3.41. The number of aryl methyl sites for hydroxylation is 1. The van der Waals surface area contributed by atoms with Crippen molar-refractivity contribution in [3.63, 3.8) is 0 Å². The molecule has 0 saturated carbocycles. The van der Waals surface area contributed by atoms with Gasteiger partial charge in [0.2, 0.25) is 3.79 Å². The van der Waals surface area contributed by atoms with Crippen molar-refractivity contribution in [2.45, 2.75) is 16.9 Å². The van der Waals surface area contributed by atoms with Crippen LogP contribution in [0.4, 0.5) is 5.69 Å². The molecule has 1 unspecified atom stereocenters. The normalized spacial score (nSPS) is 12.2. The molecule has 11 heteroatoms. The average molecular weight is 609 g/mol. The quantitative estimate of drug-likeness (QED) is 0.208. The molecule has 2 rings (SSSR count). The topological polar surface area (TPSA) is 53.2 Å². The minimum absolute atomic E-state index is 0.151. The number of carbonyl (C=O) groups excluding carboxylic acids is 1. The van der Waals surface area contributed by atoms with Crippen molar-refractivity contribution < 1.29 is 4.79 Å². The van der Waals surface area contributed by atoms with E-state index in [2.05, 4.69) is 47.8 Å². The van der Waals surface area contributed by atoms with E-state index in [1.54, 1.807) is 24.3 Å². The summed E-state index contributed by atoms with van der Waals surface area (Å²) in [5.41, 5.74) is 2.10. The lowest BCUT2D eigenvalue weighted by Crippen LogP contribution is -2.56. The van der Waals surface area contributed by atoms with Gasteiger partial charge in [-0.2, -0.15) is 0 Å². The van der Waals surface area contributed by atoms with Crippen LogP contribution in [-0.2, 0) is 0 Å². The largest absolute Gasteiger partial charge is 0.339 e. The summed E-state index contributed by atoms with van der Waals surface area (Å²) >= 11 is 36.1. The van der Waals surface area contributed by atoms with Crippen molar-refractivity contribution in [1.29, 1.82) is 0 Å². The Morgan fingerprint density at radius 2 is 1.61 bits per heavy atom. The van der Waals surface area contributed by atoms with Gasteiger partial charge in [0.1, 0.15) is 6.17 Å². The number of hydrogen-bond donors (Lipinski definition) is 3. The minimum atomic E-state index is -1.87. The van der Waals surface area contributed by atoms with Crippen molar-refractivity contribution in [3.05, 3.63) is 61.5 Å². The zero-order valence-corrected chi connectivity index (χ0v) is 21.1. The van der Waals surface area contributed by atoms with E-state index in [1.807, 2.05) is 19.1 Å². The molecule has 0 spiro atoms. The standard InChI is InChI=1S/C17H13Br2Cl4N3OS/c1-8-6-11(18)13(12(19)7-8)24-16(28)26-15(17(21,22)23)25-14(27)9-2-4-10(20)5-3-9/h2-7,15H,1H3,(H,25,27)(H2,24,26,28). The number of amides is 1. The second-order valence-corrected chi connectivity index (χ2v) is 10.6. The maximum Gasteiger partial charge on any atom is 0.252 e. The van der Waals surface area contributed by atoms with Gasteiger partial charge in [-0.25, -0.2) is 0 Å². The lowest BCUT2D eigenvalue weighted by molar-refractivity contribution is 0.0934. The van der Waals surface area contributed by atoms with Crippen LogP contribution >= 0.6 is 90.5 Å². The first-order valence-electron chi connectivity index (χ1n) is 7.63. The fourth-order valence-electron chi connectivity index (χ4n) is 2.12. The van der Waals surface area contributed by atoms with Crippen LogP contribution in [-0.4, -0.2) is 21.0 Å². The molecule has 0 heterocycles. The summed E-state index contributed by atoms with van der Waals surface area (Å²) in [4.78, 5) is 12.4. The van der Waals surface area contributed by atoms with Crippen molar-refractivity contribution in [2.75, 3.05) is 5.32 Å². The average Bonchev–Trinajstić information content (AvgIpc) is 2.57. The zero-order valence-electron chi connectivity index (χ0n) is 14.1. The van der Waals surface area contributed by atoms with E-state index in [-0.39, 0.29) is 5.11 Å². The number of rotatable bonds is 4. The molecule has 0 saturated heterocycles. The maximum absolute atomic E-state index is 12.4. The lowest BCUT2D eigenvalue weighted by atomic mass is 10.2. The first kappa shape index (κ1) is 24.0. The highest BCUT2D eigenvalue weighted by atomic mass is 79.9. The van der Waals surface area contributed by atoms with E-state index in [4.69, 9.17) is 58.6 Å². The van der Waals surface area contributed by atoms with Crippen molar-refractivity contribution in [2.24, 2.45) is 0 Å². The second-order valence-electron chi connectivity index (χ2n) is 5.66. The van der Waals surface area contributed by atoms with Crippen molar-refractivity contribution >= 4 is 107 Å². The summed E-state index contributed by atoms with van der Waals surface area (Å²) in [6.07, 6.45) is -1.09. The van der Waals surface area contributed by atoms with Gasteiger partial charge in [-0.1, -0.05) is 46.4 Å². The molecule has 0 radical (unpaired) electrons. The Morgan fingerprint density at radius 3 is 2.11 bits per heavy atom. The number of carbonyl (C=O) groups is 1. The van der Waals surface area contributed by atoms with Crippen LogP contribution < -0.4 is 16.0 Å². The Balaban J connectivity index is 2.13. The lowest BCUT2D eigenvalue weighted by Gasteiger charge is -2.28. The number of alkyl halides is 3. The van der Waals surface area contributed by atoms with Crippen LogP contribution in [0.3, 0.4) is 0 Å². The number of benzene rings is 2. The van der Waals surface area contributed by atoms with Gasteiger partial charge in [-0.3, -0.25) is 4.79 Å². The smallest absolute Gasteiger partial charge is 0.252 e. The Bertz CT molecular complexity index is 868. The van der Waals surface area contributed by atoms with E-state index in [1.165, 1.54) is 0 Å². The molecule has 0 fully saturated rings. The zero-order chi connectivity index (χ0) is 21.1. The number of hydrogen-bond acceptors (Lipinski definition) is 2. The predicted molar refractivity (Wildman–Crippen MR) is 129 cm³/mol. The number of anilines is 1. The molecule has 0 aliphatic heterocycles. The van der Waals surface area contributed by atoms with Crippen LogP contribution in [0.2, 0.25) is 5.02 Å². The fourth-order valence-corrected chi connectivity index (χ4v) is 4.40. The number of thiocarbonyl (C=S) groups is 1. The number of halogens is 6. The third kappa shape index (κ3) is 6.90. The maximum atomic E-state index is 12.4. The monoisotopic (exact) mass is 605 g/mol. The van der Waals surface area contributed by atoms with Gasteiger partial charge in [0, 0.05) is 19.5 Å². The second kappa shape index (κ2) is 10.2. The Labute approximate surface area is 204 Å². The molecule has 0 aliphatic carbocycles. The summed E-state index contributed by atoms with van der Waals surface area (Å²) in [5.74, 6) is -0.457. The Kier molecular flexibility index (Phi) is 8.70. The molecule has 0 aromatic heterocycles. The molecule has 2 aromatic rings. The molecule has 1 amide bonds. The van der Waals surface area contributed by atoms with Crippen LogP contribution in [0.1, 0.15) is 15.9 Å². The highest BCUT2D eigenvalue weighted by molar-refractivity contribution is 9.11. The summed E-state index contributed by atoms with van der Waals surface area (Å²) in [5, 5.41) is 9.09. The van der Waals surface area contributed by atoms with Crippen LogP contribution in [0.15, 0.2) is 45.3 Å². The van der Waals surface area contributed by atoms with Gasteiger partial charge >= 0.3 is 0 Å². The van der Waals surface area contributed by atoms with E-state index in [0.29, 0.717) is 16.3 Å². The molecule has 4 nitrogen and oxygen atoms in total. The van der Waals surface area contributed by atoms with Crippen molar-refractivity contribution in [1.82, 2.24) is 10.6 Å². The molecule has 3 N–H and O–H groups in total. The molecule has 28 heavy (non-hydrogen) atoms. The molecule has 0 bridgehead atoms. The van der Waals surface area contributed by atoms with Gasteiger partial charge in [-0.05, 0) is 93.0 Å². The van der Waals surface area contributed by atoms with Crippen LogP contribution in [0, 0.1) is 6.92 Å². The third-order valence-corrected chi connectivity index (χ3v) is 5.79. The molecule has 1 atom stereocenters. The summed E-state index contributed by atoms with van der Waals surface area (Å²) < 4.78 is -0.284. The molecule has 2 aromatic carbocycles. The van der Waals surface area contributed by atoms with Gasteiger partial charge < -0.3 is 16.0 Å².